The van der Waals surface area contributed by atoms with Crippen molar-refractivity contribution in [2.45, 2.75) is 216 Å². The lowest BCUT2D eigenvalue weighted by molar-refractivity contribution is -0.130. The summed E-state index contributed by atoms with van der Waals surface area (Å²) in [6, 6.07) is 0.537. The highest BCUT2D eigenvalue weighted by Gasteiger charge is 2.25. The van der Waals surface area contributed by atoms with Crippen molar-refractivity contribution >= 4 is 29.5 Å². The third-order valence-electron chi connectivity index (χ3n) is 8.10. The number of hydrogen-bond acceptors (Lipinski definition) is 7. The zero-order valence-corrected chi connectivity index (χ0v) is 42.2. The predicted molar refractivity (Wildman–Crippen MR) is 244 cm³/mol. The Labute approximate surface area is 357 Å². The maximum Gasteiger partial charge on any atom is 0.225 e. The Morgan fingerprint density at radius 3 is 0.983 bits per heavy atom. The number of aliphatic hydroxyl groups excluding tert-OH is 2. The predicted octanol–water partition coefficient (Wildman–Crippen LogP) is 7.93. The highest BCUT2D eigenvalue weighted by atomic mass is 16.3. The van der Waals surface area contributed by atoms with Crippen molar-refractivity contribution in [3.05, 3.63) is 0 Å². The second-order valence-electron chi connectivity index (χ2n) is 21.6. The van der Waals surface area contributed by atoms with Crippen LogP contribution in [0.5, 0.6) is 0 Å². The summed E-state index contributed by atoms with van der Waals surface area (Å²) in [6.45, 7) is 47.7. The molecule has 0 heterocycles. The van der Waals surface area contributed by atoms with Gasteiger partial charge in [-0.15, -0.1) is 0 Å². The molecule has 0 fully saturated rings. The van der Waals surface area contributed by atoms with Crippen molar-refractivity contribution < 1.29 is 34.2 Å². The number of amides is 5. The van der Waals surface area contributed by atoms with Crippen molar-refractivity contribution in [1.29, 1.82) is 0 Å². The molecule has 3 unspecified atom stereocenters. The molecule has 0 aromatic rings. The largest absolute Gasteiger partial charge is 0.394 e. The summed E-state index contributed by atoms with van der Waals surface area (Å²) >= 11 is 0. The van der Waals surface area contributed by atoms with Crippen LogP contribution in [0.25, 0.3) is 0 Å². The first-order valence-corrected chi connectivity index (χ1v) is 21.5. The summed E-state index contributed by atoms with van der Waals surface area (Å²) in [7, 11) is 0. The molecular formula is C46H97N5O7. The third-order valence-corrected chi connectivity index (χ3v) is 8.10. The third kappa shape index (κ3) is 40.1. The molecule has 3 atom stereocenters. The molecule has 5 amide bonds. The van der Waals surface area contributed by atoms with Gasteiger partial charge in [-0.3, -0.25) is 24.0 Å². The molecule has 0 saturated carbocycles. The van der Waals surface area contributed by atoms with Crippen molar-refractivity contribution in [2.75, 3.05) is 19.7 Å². The molecular weight excluding hydrogens is 735 g/mol. The Balaban J connectivity index is -0.000000202. The summed E-state index contributed by atoms with van der Waals surface area (Å²) in [4.78, 5) is 56.7. The Hall–Kier alpha value is -2.73. The van der Waals surface area contributed by atoms with Crippen LogP contribution < -0.4 is 26.6 Å². The van der Waals surface area contributed by atoms with E-state index in [4.69, 9.17) is 10.2 Å². The number of nitrogens with one attached hydrogen (secondary N) is 5. The Kier molecular flexibility index (Phi) is 32.7. The fourth-order valence-corrected chi connectivity index (χ4v) is 3.23. The minimum absolute atomic E-state index is 0.0107. The van der Waals surface area contributed by atoms with E-state index < -0.39 is 6.10 Å². The quantitative estimate of drug-likeness (QED) is 0.110. The van der Waals surface area contributed by atoms with Gasteiger partial charge < -0.3 is 36.8 Å². The van der Waals surface area contributed by atoms with Gasteiger partial charge >= 0.3 is 0 Å². The first-order valence-electron chi connectivity index (χ1n) is 21.5. The summed E-state index contributed by atoms with van der Waals surface area (Å²) in [5, 5.41) is 32.0. The van der Waals surface area contributed by atoms with Crippen LogP contribution in [0.2, 0.25) is 0 Å². The molecule has 0 bridgehead atoms. The van der Waals surface area contributed by atoms with E-state index in [-0.39, 0.29) is 74.7 Å². The van der Waals surface area contributed by atoms with Gasteiger partial charge in [0, 0.05) is 52.2 Å². The standard InChI is InChI=1S/2C10H21NO.C9H19NO2.C9H19NO.C8H17NO2/c1-9(2,3)7-11-8(12)10(4,5)6;1-6-8(7-2)11-9(12)10(3,4)5;1-5-7(6-11)10-8(12)9(2,3)4;1-6-7(2)10-8(11)9(3,4)5;1-6(10)5-9-7(11)8(2,3)4/h7H2,1-6H3,(H,11,12);8H,6-7H2,1-5H3,(H,11,12);7,11H,5-6H2,1-4H3,(H,10,12);7H,6H2,1-5H3,(H,10,11);6,10H,5H2,1-4H3,(H,9,11). The van der Waals surface area contributed by atoms with Crippen molar-refractivity contribution in [1.82, 2.24) is 26.6 Å². The Morgan fingerprint density at radius 2 is 0.741 bits per heavy atom. The second-order valence-corrected chi connectivity index (χ2v) is 21.6. The summed E-state index contributed by atoms with van der Waals surface area (Å²) in [5.74, 6) is 0.363. The highest BCUT2D eigenvalue weighted by Crippen LogP contribution is 2.17. The molecule has 0 aromatic carbocycles. The molecule has 0 rings (SSSR count). The minimum Gasteiger partial charge on any atom is -0.394 e. The highest BCUT2D eigenvalue weighted by molar-refractivity contribution is 5.83. The summed E-state index contributed by atoms with van der Waals surface area (Å²) in [5.41, 5.74) is -1.37. The van der Waals surface area contributed by atoms with E-state index in [9.17, 15) is 24.0 Å². The van der Waals surface area contributed by atoms with Gasteiger partial charge in [-0.1, -0.05) is 152 Å². The van der Waals surface area contributed by atoms with Gasteiger partial charge in [-0.2, -0.15) is 0 Å². The number of carbonyl (C=O) groups excluding carboxylic acids is 5. The molecule has 0 spiro atoms. The maximum atomic E-state index is 11.5. The normalized spacial score (nSPS) is 13.4. The number of aliphatic hydroxyl groups is 2. The Bertz CT molecular complexity index is 1100. The van der Waals surface area contributed by atoms with Crippen LogP contribution in [-0.4, -0.2) is 83.7 Å². The maximum absolute atomic E-state index is 11.5. The van der Waals surface area contributed by atoms with E-state index >= 15 is 0 Å². The zero-order valence-electron chi connectivity index (χ0n) is 42.2. The van der Waals surface area contributed by atoms with E-state index in [2.05, 4.69) is 68.1 Å². The average Bonchev–Trinajstić information content (AvgIpc) is 3.05. The molecule has 0 aliphatic carbocycles. The van der Waals surface area contributed by atoms with E-state index in [0.717, 1.165) is 32.2 Å². The van der Waals surface area contributed by atoms with Gasteiger partial charge in [0.05, 0.1) is 18.8 Å². The van der Waals surface area contributed by atoms with Gasteiger partial charge in [-0.25, -0.2) is 0 Å². The van der Waals surface area contributed by atoms with Crippen molar-refractivity contribution in [2.24, 2.45) is 32.5 Å². The average molecular weight is 832 g/mol. The lowest BCUT2D eigenvalue weighted by atomic mass is 9.93. The minimum atomic E-state index is -0.471. The molecule has 0 radical (unpaired) electrons. The first-order chi connectivity index (χ1) is 25.7. The fourth-order valence-electron chi connectivity index (χ4n) is 3.23. The van der Waals surface area contributed by atoms with Crippen LogP contribution in [0.1, 0.15) is 192 Å². The molecule has 348 valence electrons. The lowest BCUT2D eigenvalue weighted by Crippen LogP contribution is -2.43. The van der Waals surface area contributed by atoms with Crippen molar-refractivity contribution in [3.8, 4) is 0 Å². The number of carbonyl (C=O) groups is 5. The van der Waals surface area contributed by atoms with Crippen LogP contribution in [0.3, 0.4) is 0 Å². The molecule has 7 N–H and O–H groups in total. The van der Waals surface area contributed by atoms with E-state index in [1.54, 1.807) is 6.92 Å². The zero-order chi connectivity index (χ0) is 47.7. The van der Waals surface area contributed by atoms with Crippen LogP contribution in [0.15, 0.2) is 0 Å². The van der Waals surface area contributed by atoms with Gasteiger partial charge in [0.1, 0.15) is 0 Å². The molecule has 12 nitrogen and oxygen atoms in total. The smallest absolute Gasteiger partial charge is 0.225 e. The van der Waals surface area contributed by atoms with Gasteiger partial charge in [0.25, 0.3) is 0 Å². The van der Waals surface area contributed by atoms with E-state index in [1.165, 1.54) is 0 Å². The fraction of sp³-hybridized carbons (Fsp3) is 0.891. The number of rotatable bonds is 11. The van der Waals surface area contributed by atoms with Crippen LogP contribution in [-0.2, 0) is 24.0 Å². The van der Waals surface area contributed by atoms with Crippen LogP contribution in [0, 0.1) is 32.5 Å². The molecule has 0 aliphatic rings. The van der Waals surface area contributed by atoms with Crippen molar-refractivity contribution in [3.63, 3.8) is 0 Å². The first kappa shape index (κ1) is 64.4. The van der Waals surface area contributed by atoms with Crippen LogP contribution in [0.4, 0.5) is 0 Å². The van der Waals surface area contributed by atoms with Gasteiger partial charge in [0.2, 0.25) is 29.5 Å². The lowest BCUT2D eigenvalue weighted by Gasteiger charge is -2.23. The molecule has 0 saturated heterocycles. The van der Waals surface area contributed by atoms with E-state index in [0.29, 0.717) is 18.6 Å². The second kappa shape index (κ2) is 29.5. The topological polar surface area (TPSA) is 186 Å². The molecule has 12 heteroatoms. The summed E-state index contributed by atoms with van der Waals surface area (Å²) < 4.78 is 0. The molecule has 0 aromatic heterocycles. The van der Waals surface area contributed by atoms with Gasteiger partial charge in [-0.05, 0) is 44.9 Å². The Morgan fingerprint density at radius 1 is 0.448 bits per heavy atom. The molecule has 0 aliphatic heterocycles. The SMILES string of the molecule is CC(C)(C)CNC(=O)C(C)(C)C.CC(O)CNC(=O)C(C)(C)C.CCC(C)NC(=O)C(C)(C)C.CCC(CC)NC(=O)C(C)(C)C.CCC(CO)NC(=O)C(C)(C)C. The van der Waals surface area contributed by atoms with E-state index in [1.807, 2.05) is 118 Å². The number of hydrogen-bond donors (Lipinski definition) is 7. The van der Waals surface area contributed by atoms with Crippen LogP contribution >= 0.6 is 0 Å². The molecule has 58 heavy (non-hydrogen) atoms. The summed E-state index contributed by atoms with van der Waals surface area (Å²) in [6.07, 6.45) is 3.30. The van der Waals surface area contributed by atoms with Gasteiger partial charge in [0.15, 0.2) is 0 Å². The monoisotopic (exact) mass is 832 g/mol.